The van der Waals surface area contributed by atoms with Gasteiger partial charge in [-0.25, -0.2) is 0 Å². The summed E-state index contributed by atoms with van der Waals surface area (Å²) < 4.78 is 9.70. The molecule has 0 saturated heterocycles. The lowest BCUT2D eigenvalue weighted by Gasteiger charge is -2.15. The Morgan fingerprint density at radius 1 is 1.05 bits per heavy atom. The highest BCUT2D eigenvalue weighted by molar-refractivity contribution is 5.71. The molecule has 0 spiro atoms. The number of carbonyl (C=O) groups excluding carboxylic acids is 2. The third-order valence-corrected chi connectivity index (χ3v) is 3.10. The molecular weight excluding hydrogens is 260 g/mol. The second-order valence-electron chi connectivity index (χ2n) is 5.21. The van der Waals surface area contributed by atoms with Crippen molar-refractivity contribution in [2.45, 2.75) is 77.4 Å². The number of hydrogen-bond donors (Lipinski definition) is 1. The van der Waals surface area contributed by atoms with Crippen molar-refractivity contribution >= 4 is 11.9 Å². The molecule has 0 aromatic rings. The first-order chi connectivity index (χ1) is 9.45. The molecule has 0 amide bonds. The minimum atomic E-state index is -0.377. The Morgan fingerprint density at radius 2 is 1.60 bits per heavy atom. The summed E-state index contributed by atoms with van der Waals surface area (Å²) >= 11 is 0. The molecule has 0 unspecified atom stereocenters. The largest absolute Gasteiger partial charge is 0.469 e. The monoisotopic (exact) mass is 288 g/mol. The maximum absolute atomic E-state index is 11.2. The third-order valence-electron chi connectivity index (χ3n) is 3.10. The molecule has 5 heteroatoms. The molecule has 118 valence electrons. The van der Waals surface area contributed by atoms with Crippen LogP contribution in [0.4, 0.5) is 0 Å². The van der Waals surface area contributed by atoms with E-state index in [0.29, 0.717) is 6.42 Å². The predicted octanol–water partition coefficient (Wildman–Crippen LogP) is 2.59. The lowest BCUT2D eigenvalue weighted by atomic mass is 10.0. The third kappa shape index (κ3) is 12.0. The fourth-order valence-corrected chi connectivity index (χ4v) is 2.05. The zero-order valence-electron chi connectivity index (χ0n) is 12.9. The van der Waals surface area contributed by atoms with Crippen molar-refractivity contribution in [1.29, 1.82) is 0 Å². The minimum absolute atomic E-state index is 0.123. The van der Waals surface area contributed by atoms with Crippen LogP contribution in [0, 0.1) is 0 Å². The zero-order valence-corrected chi connectivity index (χ0v) is 12.9. The highest BCUT2D eigenvalue weighted by Crippen LogP contribution is 2.14. The van der Waals surface area contributed by atoms with Crippen LogP contribution < -0.4 is 0 Å². The molecule has 20 heavy (non-hydrogen) atoms. The summed E-state index contributed by atoms with van der Waals surface area (Å²) in [6.45, 7) is 3.15. The molecule has 0 aliphatic heterocycles. The quantitative estimate of drug-likeness (QED) is 0.467. The summed E-state index contributed by atoms with van der Waals surface area (Å²) in [5.74, 6) is -0.719. The number of hydrogen-bond acceptors (Lipinski definition) is 5. The Balaban J connectivity index is 3.73. The standard InChI is InChI=1S/C15H28O5/c1-12(16)9-7-5-4-6-8-10-14(20-13(2)17)11-15(18)19-3/h12,14,16H,4-11H2,1-3H3/t12-,14-/m1/s1. The van der Waals surface area contributed by atoms with Crippen LogP contribution in [-0.4, -0.2) is 36.4 Å². The van der Waals surface area contributed by atoms with Gasteiger partial charge in [-0.3, -0.25) is 9.59 Å². The fourth-order valence-electron chi connectivity index (χ4n) is 2.05. The topological polar surface area (TPSA) is 72.8 Å². The maximum Gasteiger partial charge on any atom is 0.309 e. The van der Waals surface area contributed by atoms with E-state index in [-0.39, 0.29) is 30.6 Å². The van der Waals surface area contributed by atoms with Crippen molar-refractivity contribution in [2.75, 3.05) is 7.11 Å². The minimum Gasteiger partial charge on any atom is -0.469 e. The normalized spacial score (nSPS) is 13.6. The van der Waals surface area contributed by atoms with Crippen LogP contribution in [-0.2, 0) is 19.1 Å². The molecule has 0 rings (SSSR count). The fraction of sp³-hybridized carbons (Fsp3) is 0.867. The average molecular weight is 288 g/mol. The molecule has 0 heterocycles. The van der Waals surface area contributed by atoms with Crippen LogP contribution in [0.25, 0.3) is 0 Å². The van der Waals surface area contributed by atoms with Gasteiger partial charge in [0.25, 0.3) is 0 Å². The first-order valence-corrected chi connectivity index (χ1v) is 7.37. The van der Waals surface area contributed by atoms with Crippen LogP contribution in [0.3, 0.4) is 0 Å². The van der Waals surface area contributed by atoms with Crippen LogP contribution in [0.15, 0.2) is 0 Å². The van der Waals surface area contributed by atoms with Crippen molar-refractivity contribution in [1.82, 2.24) is 0 Å². The lowest BCUT2D eigenvalue weighted by Crippen LogP contribution is -2.21. The molecule has 0 fully saturated rings. The lowest BCUT2D eigenvalue weighted by molar-refractivity contribution is -0.152. The summed E-state index contributed by atoms with van der Waals surface area (Å²) in [5, 5.41) is 9.13. The van der Waals surface area contributed by atoms with Gasteiger partial charge in [-0.2, -0.15) is 0 Å². The molecule has 0 radical (unpaired) electrons. The van der Waals surface area contributed by atoms with Gasteiger partial charge in [-0.1, -0.05) is 25.7 Å². The van der Waals surface area contributed by atoms with Crippen LogP contribution in [0.1, 0.15) is 65.2 Å². The molecule has 0 aromatic carbocycles. The number of aliphatic hydroxyl groups is 1. The maximum atomic E-state index is 11.2. The average Bonchev–Trinajstić information content (AvgIpc) is 2.36. The van der Waals surface area contributed by atoms with Crippen molar-refractivity contribution < 1.29 is 24.2 Å². The molecular formula is C15H28O5. The van der Waals surface area contributed by atoms with Crippen LogP contribution in [0.2, 0.25) is 0 Å². The highest BCUT2D eigenvalue weighted by Gasteiger charge is 2.16. The summed E-state index contributed by atoms with van der Waals surface area (Å²) in [4.78, 5) is 22.2. The molecule has 0 saturated carbocycles. The molecule has 0 bridgehead atoms. The van der Waals surface area contributed by atoms with Crippen molar-refractivity contribution in [3.63, 3.8) is 0 Å². The van der Waals surface area contributed by atoms with E-state index in [1.807, 2.05) is 0 Å². The van der Waals surface area contributed by atoms with E-state index in [4.69, 9.17) is 9.84 Å². The SMILES string of the molecule is COC(=O)C[C@@H](CCCCCCC[C@@H](C)O)OC(C)=O. The number of rotatable bonds is 11. The Kier molecular flexibility index (Phi) is 11.1. The van der Waals surface area contributed by atoms with Crippen LogP contribution in [0.5, 0.6) is 0 Å². The molecule has 1 N–H and O–H groups in total. The number of methoxy groups -OCH3 is 1. The van der Waals surface area contributed by atoms with Crippen molar-refractivity contribution in [3.8, 4) is 0 Å². The Hall–Kier alpha value is -1.10. The Bertz CT molecular complexity index is 275. The summed E-state index contributed by atoms with van der Waals surface area (Å²) in [7, 11) is 1.33. The second kappa shape index (κ2) is 11.7. The number of carbonyl (C=O) groups is 2. The number of unbranched alkanes of at least 4 members (excludes halogenated alkanes) is 4. The molecule has 2 atom stereocenters. The summed E-state index contributed by atoms with van der Waals surface area (Å²) in [6, 6.07) is 0. The number of esters is 2. The van der Waals surface area contributed by atoms with Crippen LogP contribution >= 0.6 is 0 Å². The summed E-state index contributed by atoms with van der Waals surface area (Å²) in [6.07, 6.45) is 6.25. The van der Waals surface area contributed by atoms with E-state index >= 15 is 0 Å². The van der Waals surface area contributed by atoms with Crippen molar-refractivity contribution in [2.24, 2.45) is 0 Å². The van der Waals surface area contributed by atoms with E-state index in [2.05, 4.69) is 4.74 Å². The summed E-state index contributed by atoms with van der Waals surface area (Å²) in [5.41, 5.74) is 0. The Labute approximate surface area is 121 Å². The first-order valence-electron chi connectivity index (χ1n) is 7.37. The van der Waals surface area contributed by atoms with Gasteiger partial charge in [0.15, 0.2) is 0 Å². The van der Waals surface area contributed by atoms with Gasteiger partial charge in [-0.15, -0.1) is 0 Å². The van der Waals surface area contributed by atoms with Gasteiger partial charge in [0.1, 0.15) is 6.10 Å². The van der Waals surface area contributed by atoms with E-state index in [1.54, 1.807) is 6.92 Å². The van der Waals surface area contributed by atoms with Crippen molar-refractivity contribution in [3.05, 3.63) is 0 Å². The number of aliphatic hydroxyl groups excluding tert-OH is 1. The number of ether oxygens (including phenoxy) is 2. The molecule has 0 aromatic heterocycles. The van der Waals surface area contributed by atoms with Gasteiger partial charge in [0.05, 0.1) is 19.6 Å². The van der Waals surface area contributed by atoms with E-state index in [9.17, 15) is 9.59 Å². The predicted molar refractivity (Wildman–Crippen MR) is 76.2 cm³/mol. The van der Waals surface area contributed by atoms with E-state index in [0.717, 1.165) is 38.5 Å². The van der Waals surface area contributed by atoms with Gasteiger partial charge >= 0.3 is 11.9 Å². The molecule has 5 nitrogen and oxygen atoms in total. The van der Waals surface area contributed by atoms with Gasteiger partial charge in [0, 0.05) is 6.92 Å². The first kappa shape index (κ1) is 18.9. The smallest absolute Gasteiger partial charge is 0.309 e. The van der Waals surface area contributed by atoms with Gasteiger partial charge in [-0.05, 0) is 26.2 Å². The second-order valence-corrected chi connectivity index (χ2v) is 5.21. The highest BCUT2D eigenvalue weighted by atomic mass is 16.6. The van der Waals surface area contributed by atoms with E-state index in [1.165, 1.54) is 14.0 Å². The van der Waals surface area contributed by atoms with E-state index < -0.39 is 0 Å². The Morgan fingerprint density at radius 3 is 2.10 bits per heavy atom. The molecule has 0 aliphatic rings. The van der Waals surface area contributed by atoms with Gasteiger partial charge in [0.2, 0.25) is 0 Å². The van der Waals surface area contributed by atoms with Gasteiger partial charge < -0.3 is 14.6 Å². The zero-order chi connectivity index (χ0) is 15.4. The molecule has 0 aliphatic carbocycles.